The summed E-state index contributed by atoms with van der Waals surface area (Å²) in [5.41, 5.74) is 13.7. The predicted octanol–water partition coefficient (Wildman–Crippen LogP) is 22.0. The Kier molecular flexibility index (Phi) is 46.6. The average molecular weight is 2540 g/mol. The summed E-state index contributed by atoms with van der Waals surface area (Å²) < 4.78 is 39.0. The molecule has 15 rings (SSSR count). The van der Waals surface area contributed by atoms with E-state index >= 15 is 0 Å². The molecule has 15 aromatic carbocycles. The molecule has 0 heterocycles. The van der Waals surface area contributed by atoms with Crippen molar-refractivity contribution < 1.29 is 129 Å². The van der Waals surface area contributed by atoms with Crippen molar-refractivity contribution in [2.24, 2.45) is 0 Å². The average Bonchev–Trinajstić information content (AvgIpc) is 0.823. The summed E-state index contributed by atoms with van der Waals surface area (Å²) in [6.45, 7) is 22.1. The second kappa shape index (κ2) is 52.9. The van der Waals surface area contributed by atoms with E-state index in [-0.39, 0.29) is 119 Å². The van der Waals surface area contributed by atoms with Crippen LogP contribution >= 0.6 is 39.6 Å². The molecule has 0 aliphatic carbocycles. The van der Waals surface area contributed by atoms with E-state index in [2.05, 4.69) is 464 Å². The van der Waals surface area contributed by atoms with Crippen LogP contribution < -0.4 is 79.6 Å². The third-order valence-electron chi connectivity index (χ3n) is 18.6. The number of hydrogen-bond donors (Lipinski definition) is 0. The summed E-state index contributed by atoms with van der Waals surface area (Å²) in [7, 11) is -8.44. The van der Waals surface area contributed by atoms with Gasteiger partial charge in [0.05, 0.1) is 0 Å². The van der Waals surface area contributed by atoms with E-state index in [1.54, 1.807) is 0 Å². The summed E-state index contributed by atoms with van der Waals surface area (Å²) in [5.74, 6) is 0. The van der Waals surface area contributed by atoms with E-state index in [0.717, 1.165) is 0 Å². The standard InChI is InChI=1S/5C20H19P.CH3.5Au.BF4/c5*1-16-10-6-8-14-19(16)21(18-12-4-3-5-13-18)20-15-9-7-11-17(20)2;;;;;;;2-1(3,4)5/h5*3-15H,1-2H3;1H3;;;;;;/q;;;;;-1;;;;2*+1;-1. The van der Waals surface area contributed by atoms with Gasteiger partial charge in [-0.1, -0.05) is 394 Å². The molecule has 0 fully saturated rings. The summed E-state index contributed by atoms with van der Waals surface area (Å²) in [5, 5.41) is 21.6. The molecule has 0 unspecified atom stereocenters. The first-order chi connectivity index (χ1) is 53.4. The van der Waals surface area contributed by atoms with Gasteiger partial charge in [0.1, 0.15) is 0 Å². The van der Waals surface area contributed by atoms with Crippen LogP contribution in [0.4, 0.5) is 17.3 Å². The van der Waals surface area contributed by atoms with Crippen LogP contribution in [-0.4, -0.2) is 7.25 Å². The maximum atomic E-state index is 9.75. The maximum Gasteiger partial charge on any atom is 1.00 e. The van der Waals surface area contributed by atoms with Crippen molar-refractivity contribution in [3.63, 3.8) is 0 Å². The molecule has 0 aliphatic heterocycles. The van der Waals surface area contributed by atoms with Gasteiger partial charge >= 0.3 is 52.0 Å². The van der Waals surface area contributed by atoms with Crippen LogP contribution in [0.25, 0.3) is 0 Å². The van der Waals surface area contributed by atoms with Crippen molar-refractivity contribution in [1.82, 2.24) is 0 Å². The number of hydrogen-bond acceptors (Lipinski definition) is 0. The first-order valence-electron chi connectivity index (χ1n) is 37.1. The third kappa shape index (κ3) is 29.7. The van der Waals surface area contributed by atoms with Crippen molar-refractivity contribution >= 4 is 126 Å². The fourth-order valence-corrected chi connectivity index (χ4v) is 26.1. The van der Waals surface area contributed by atoms with Crippen molar-refractivity contribution in [1.29, 1.82) is 0 Å². The van der Waals surface area contributed by atoms with Gasteiger partial charge in [-0.3, -0.25) is 0 Å². The van der Waals surface area contributed by atoms with Crippen LogP contribution in [0, 0.1) is 76.7 Å². The van der Waals surface area contributed by atoms with E-state index in [4.69, 9.17) is 0 Å². The Morgan fingerprint density at radius 1 is 0.155 bits per heavy atom. The van der Waals surface area contributed by atoms with Crippen molar-refractivity contribution in [2.75, 3.05) is 0 Å². The molecule has 0 saturated heterocycles. The number of rotatable bonds is 15. The molecule has 116 heavy (non-hydrogen) atoms. The Morgan fingerprint density at radius 2 is 0.233 bits per heavy atom. The van der Waals surface area contributed by atoms with E-state index in [1.165, 1.54) is 135 Å². The number of aryl methyl sites for hydroxylation is 10. The first-order valence-corrected chi connectivity index (χ1v) is 43.8. The molecule has 0 spiro atoms. The summed E-state index contributed by atoms with van der Waals surface area (Å²) in [6, 6.07) is 142. The molecular formula is C101H98Au5BF4P5. The quantitative estimate of drug-likeness (QED) is 0.0415. The normalized spacial score (nSPS) is 10.3. The van der Waals surface area contributed by atoms with Crippen LogP contribution in [0.3, 0.4) is 0 Å². The predicted molar refractivity (Wildman–Crippen MR) is 490 cm³/mol. The minimum Gasteiger partial charge on any atom is -0.418 e. The second-order valence-corrected chi connectivity index (χ2v) is 37.5. The molecule has 0 nitrogen and oxygen atoms in total. The van der Waals surface area contributed by atoms with Crippen molar-refractivity contribution in [3.05, 3.63) is 457 Å². The Hall–Kier alpha value is -6.06. The Labute approximate surface area is 773 Å². The van der Waals surface area contributed by atoms with Crippen molar-refractivity contribution in [2.45, 2.75) is 69.2 Å². The SMILES string of the molecule is Cc1ccccc1P(c1ccccc1)c1ccccc1C.Cc1ccccc1P(c1ccccc1)c1ccccc1C.Cc1ccccc1P(c1ccccc1)c1ccccc1C.Cc1ccccc1P(c1ccccc1)c1ccccc1C.Cc1ccccc1P(c1ccccc1)c1ccccc1C.F[B-](F)(F)F.[Au+].[Au+].[Au].[Au].[Au].[CH3-]. The zero-order valence-corrected chi connectivity index (χ0v) is 82.2. The smallest absolute Gasteiger partial charge is 0.418 e. The Bertz CT molecular complexity index is 4350. The topological polar surface area (TPSA) is 0 Å². The molecular weight excluding hydrogens is 2440 g/mol. The van der Waals surface area contributed by atoms with Gasteiger partial charge in [0.2, 0.25) is 0 Å². The number of benzene rings is 15. The van der Waals surface area contributed by atoms with Gasteiger partial charge in [-0.2, -0.15) is 0 Å². The molecule has 15 aromatic rings. The van der Waals surface area contributed by atoms with Gasteiger partial charge in [0.25, 0.3) is 0 Å². The molecule has 0 bridgehead atoms. The largest absolute Gasteiger partial charge is 1.00 e. The van der Waals surface area contributed by atoms with Crippen LogP contribution in [-0.2, 0) is 112 Å². The van der Waals surface area contributed by atoms with Crippen molar-refractivity contribution in [3.8, 4) is 0 Å². The van der Waals surface area contributed by atoms with Gasteiger partial charge in [0, 0.05) is 67.1 Å². The summed E-state index contributed by atoms with van der Waals surface area (Å²) in [6.07, 6.45) is 0. The maximum absolute atomic E-state index is 9.75. The molecule has 613 valence electrons. The van der Waals surface area contributed by atoms with E-state index in [1.807, 2.05) is 0 Å². The minimum atomic E-state index is -6.00. The van der Waals surface area contributed by atoms with Crippen LogP contribution in [0.5, 0.6) is 0 Å². The zero-order chi connectivity index (χ0) is 77.8. The van der Waals surface area contributed by atoms with Gasteiger partial charge in [0.15, 0.2) is 0 Å². The van der Waals surface area contributed by atoms with Gasteiger partial charge in [-0.25, -0.2) is 0 Å². The van der Waals surface area contributed by atoms with Crippen LogP contribution in [0.2, 0.25) is 0 Å². The molecule has 15 heteroatoms. The monoisotopic (exact) mass is 2540 g/mol. The van der Waals surface area contributed by atoms with E-state index in [9.17, 15) is 17.3 Å². The minimum absolute atomic E-state index is 0. The zero-order valence-electron chi connectivity index (χ0n) is 66.9. The molecule has 0 saturated carbocycles. The van der Waals surface area contributed by atoms with Gasteiger partial charge in [-0.15, -0.1) is 0 Å². The summed E-state index contributed by atoms with van der Waals surface area (Å²) >= 11 is 0. The third-order valence-corrected chi connectivity index (χ3v) is 32.5. The van der Waals surface area contributed by atoms with E-state index < -0.39 is 46.9 Å². The fourth-order valence-electron chi connectivity index (χ4n) is 13.1. The first kappa shape index (κ1) is 102. The molecule has 0 aromatic heterocycles. The number of halogens is 4. The Morgan fingerprint density at radius 3 is 0.319 bits per heavy atom. The molecule has 3 radical (unpaired) electrons. The Balaban J connectivity index is 0.000000297. The molecule has 0 N–H and O–H groups in total. The van der Waals surface area contributed by atoms with Gasteiger partial charge < -0.3 is 24.7 Å². The van der Waals surface area contributed by atoms with E-state index in [0.29, 0.717) is 0 Å². The summed E-state index contributed by atoms with van der Waals surface area (Å²) in [4.78, 5) is 0. The molecule has 0 aliphatic rings. The van der Waals surface area contributed by atoms with Crippen LogP contribution in [0.15, 0.2) is 394 Å². The second-order valence-electron chi connectivity index (χ2n) is 26.7. The molecule has 0 atom stereocenters. The fraction of sp³-hybridized carbons (Fsp3) is 0.0990. The van der Waals surface area contributed by atoms with Gasteiger partial charge in [-0.05, 0) is 244 Å². The van der Waals surface area contributed by atoms with Crippen LogP contribution in [0.1, 0.15) is 55.6 Å². The molecule has 0 amide bonds.